The van der Waals surface area contributed by atoms with E-state index < -0.39 is 4.92 Å². The van der Waals surface area contributed by atoms with Crippen LogP contribution in [0.25, 0.3) is 0 Å². The van der Waals surface area contributed by atoms with Crippen molar-refractivity contribution in [2.45, 2.75) is 33.0 Å². The third-order valence-electron chi connectivity index (χ3n) is 6.06. The van der Waals surface area contributed by atoms with Crippen molar-refractivity contribution in [2.24, 2.45) is 0 Å². The van der Waals surface area contributed by atoms with Crippen LogP contribution in [0.1, 0.15) is 35.6 Å². The summed E-state index contributed by atoms with van der Waals surface area (Å²) in [5.41, 5.74) is 1.36. The Labute approximate surface area is 187 Å². The van der Waals surface area contributed by atoms with Crippen LogP contribution in [0.2, 0.25) is 0 Å². The van der Waals surface area contributed by atoms with E-state index >= 15 is 0 Å². The zero-order valence-corrected chi connectivity index (χ0v) is 18.3. The Bertz CT molecular complexity index is 1110. The van der Waals surface area contributed by atoms with Crippen LogP contribution < -0.4 is 4.90 Å². The van der Waals surface area contributed by atoms with Crippen molar-refractivity contribution in [3.05, 3.63) is 88.0 Å². The molecule has 0 amide bonds. The molecule has 2 heterocycles. The maximum absolute atomic E-state index is 12.8. The van der Waals surface area contributed by atoms with Gasteiger partial charge in [0.15, 0.2) is 5.78 Å². The van der Waals surface area contributed by atoms with Gasteiger partial charge in [-0.25, -0.2) is 4.98 Å². The molecule has 1 aliphatic rings. The Hall–Kier alpha value is -3.52. The molecule has 0 radical (unpaired) electrons. The third kappa shape index (κ3) is 4.40. The van der Waals surface area contributed by atoms with Crippen LogP contribution in [0.3, 0.4) is 0 Å². The number of benzene rings is 2. The second-order valence-corrected chi connectivity index (χ2v) is 8.05. The highest BCUT2D eigenvalue weighted by Crippen LogP contribution is 2.32. The van der Waals surface area contributed by atoms with E-state index in [4.69, 9.17) is 0 Å². The van der Waals surface area contributed by atoms with E-state index in [1.54, 1.807) is 36.4 Å². The van der Waals surface area contributed by atoms with Crippen molar-refractivity contribution in [3.8, 4) is 0 Å². The number of ketones is 1. The molecule has 1 atom stereocenters. The van der Waals surface area contributed by atoms with Crippen molar-refractivity contribution in [2.75, 3.05) is 24.5 Å². The molecule has 166 valence electrons. The first-order valence-electron chi connectivity index (χ1n) is 10.8. The summed E-state index contributed by atoms with van der Waals surface area (Å²) in [6, 6.07) is 13.8. The SMILES string of the molecule is CCn1ccnc1CN1CCN(c2ccc(C(=O)c3ccccc3)cc2[N+](=O)[O-])CC1C. The summed E-state index contributed by atoms with van der Waals surface area (Å²) in [5.74, 6) is 0.812. The van der Waals surface area contributed by atoms with Gasteiger partial charge in [0.25, 0.3) is 5.69 Å². The summed E-state index contributed by atoms with van der Waals surface area (Å²) in [6.07, 6.45) is 3.80. The van der Waals surface area contributed by atoms with Crippen molar-refractivity contribution < 1.29 is 9.72 Å². The largest absolute Gasteiger partial charge is 0.363 e. The first kappa shape index (κ1) is 21.7. The highest BCUT2D eigenvalue weighted by molar-refractivity contribution is 6.09. The predicted molar refractivity (Wildman–Crippen MR) is 123 cm³/mol. The van der Waals surface area contributed by atoms with Crippen LogP contribution in [0, 0.1) is 10.1 Å². The summed E-state index contributed by atoms with van der Waals surface area (Å²) in [4.78, 5) is 33.1. The first-order chi connectivity index (χ1) is 15.5. The number of piperazine rings is 1. The Morgan fingerprint density at radius 2 is 1.94 bits per heavy atom. The van der Waals surface area contributed by atoms with Gasteiger partial charge in [-0.15, -0.1) is 0 Å². The molecule has 1 fully saturated rings. The molecular weight excluding hydrogens is 406 g/mol. The highest BCUT2D eigenvalue weighted by Gasteiger charge is 2.29. The second-order valence-electron chi connectivity index (χ2n) is 8.05. The zero-order chi connectivity index (χ0) is 22.7. The number of nitrogens with zero attached hydrogens (tertiary/aromatic N) is 5. The number of hydrogen-bond donors (Lipinski definition) is 0. The molecule has 1 saturated heterocycles. The van der Waals surface area contributed by atoms with E-state index in [1.807, 2.05) is 23.4 Å². The maximum atomic E-state index is 12.8. The predicted octanol–water partition coefficient (Wildman–Crippen LogP) is 3.75. The Balaban J connectivity index is 1.52. The summed E-state index contributed by atoms with van der Waals surface area (Å²) >= 11 is 0. The molecule has 3 aromatic rings. The molecule has 0 bridgehead atoms. The minimum atomic E-state index is -0.397. The molecule has 0 spiro atoms. The fourth-order valence-electron chi connectivity index (χ4n) is 4.24. The van der Waals surface area contributed by atoms with Crippen molar-refractivity contribution in [1.29, 1.82) is 0 Å². The van der Waals surface area contributed by atoms with Gasteiger partial charge in [0.05, 0.1) is 11.5 Å². The van der Waals surface area contributed by atoms with Crippen molar-refractivity contribution in [3.63, 3.8) is 0 Å². The van der Waals surface area contributed by atoms with Gasteiger partial charge in [-0.1, -0.05) is 30.3 Å². The normalized spacial score (nSPS) is 16.8. The quantitative estimate of drug-likeness (QED) is 0.321. The number of anilines is 1. The van der Waals surface area contributed by atoms with E-state index in [-0.39, 0.29) is 17.5 Å². The lowest BCUT2D eigenvalue weighted by Gasteiger charge is -2.40. The van der Waals surface area contributed by atoms with Crippen LogP contribution in [0.15, 0.2) is 60.9 Å². The molecule has 0 aliphatic carbocycles. The molecule has 1 aromatic heterocycles. The number of hydrogen-bond acceptors (Lipinski definition) is 6. The van der Waals surface area contributed by atoms with Crippen LogP contribution in [0.5, 0.6) is 0 Å². The molecular formula is C24H27N5O3. The van der Waals surface area contributed by atoms with E-state index in [1.165, 1.54) is 6.07 Å². The van der Waals surface area contributed by atoms with Crippen LogP contribution >= 0.6 is 0 Å². The van der Waals surface area contributed by atoms with Gasteiger partial charge in [-0.2, -0.15) is 0 Å². The summed E-state index contributed by atoms with van der Waals surface area (Å²) < 4.78 is 2.13. The third-order valence-corrected chi connectivity index (χ3v) is 6.06. The van der Waals surface area contributed by atoms with Crippen molar-refractivity contribution in [1.82, 2.24) is 14.5 Å². The maximum Gasteiger partial charge on any atom is 0.293 e. The number of carbonyl (C=O) groups is 1. The molecule has 8 heteroatoms. The monoisotopic (exact) mass is 433 g/mol. The van der Waals surface area contributed by atoms with Crippen LogP contribution in [0.4, 0.5) is 11.4 Å². The summed E-state index contributed by atoms with van der Waals surface area (Å²) in [5, 5.41) is 11.8. The van der Waals surface area contributed by atoms with E-state index in [2.05, 4.69) is 28.3 Å². The molecule has 4 rings (SSSR count). The number of imidazole rings is 1. The number of rotatable bonds is 7. The fraction of sp³-hybridized carbons (Fsp3) is 0.333. The van der Waals surface area contributed by atoms with Crippen LogP contribution in [-0.2, 0) is 13.1 Å². The summed E-state index contributed by atoms with van der Waals surface area (Å²) in [7, 11) is 0. The van der Waals surface area contributed by atoms with Gasteiger partial charge in [-0.05, 0) is 26.0 Å². The smallest absolute Gasteiger partial charge is 0.293 e. The number of carbonyl (C=O) groups excluding carboxylic acids is 1. The van der Waals surface area contributed by atoms with Gasteiger partial charge in [0, 0.05) is 61.8 Å². The van der Waals surface area contributed by atoms with Gasteiger partial charge >= 0.3 is 0 Å². The lowest BCUT2D eigenvalue weighted by atomic mass is 10.0. The number of aryl methyl sites for hydroxylation is 1. The Morgan fingerprint density at radius 3 is 2.62 bits per heavy atom. The molecule has 1 aliphatic heterocycles. The van der Waals surface area contributed by atoms with E-state index in [9.17, 15) is 14.9 Å². The Morgan fingerprint density at radius 1 is 1.16 bits per heavy atom. The van der Waals surface area contributed by atoms with Gasteiger partial charge in [-0.3, -0.25) is 19.8 Å². The first-order valence-corrected chi connectivity index (χ1v) is 10.8. The molecule has 0 N–H and O–H groups in total. The molecule has 8 nitrogen and oxygen atoms in total. The lowest BCUT2D eigenvalue weighted by Crippen LogP contribution is -2.51. The van der Waals surface area contributed by atoms with Crippen LogP contribution in [-0.4, -0.2) is 50.8 Å². The average Bonchev–Trinajstić information content (AvgIpc) is 3.27. The number of nitro groups is 1. The minimum Gasteiger partial charge on any atom is -0.363 e. The van der Waals surface area contributed by atoms with E-state index in [0.717, 1.165) is 25.5 Å². The fourth-order valence-corrected chi connectivity index (χ4v) is 4.24. The van der Waals surface area contributed by atoms with Gasteiger partial charge in [0.1, 0.15) is 11.5 Å². The van der Waals surface area contributed by atoms with Gasteiger partial charge < -0.3 is 9.47 Å². The standard InChI is InChI=1S/C24H27N5O3/c1-3-26-12-11-25-23(26)17-27-13-14-28(16-18(27)2)21-10-9-20(15-22(21)29(31)32)24(30)19-7-5-4-6-8-19/h4-12,15,18H,3,13-14,16-17H2,1-2H3. The molecule has 32 heavy (non-hydrogen) atoms. The summed E-state index contributed by atoms with van der Waals surface area (Å²) in [6.45, 7) is 7.97. The zero-order valence-electron chi connectivity index (χ0n) is 18.3. The average molecular weight is 434 g/mol. The van der Waals surface area contributed by atoms with Crippen molar-refractivity contribution >= 4 is 17.2 Å². The lowest BCUT2D eigenvalue weighted by molar-refractivity contribution is -0.384. The second kappa shape index (κ2) is 9.32. The molecule has 2 aromatic carbocycles. The molecule has 0 saturated carbocycles. The number of nitro benzene ring substituents is 1. The minimum absolute atomic E-state index is 0.0334. The van der Waals surface area contributed by atoms with Gasteiger partial charge in [0.2, 0.25) is 0 Å². The van der Waals surface area contributed by atoms with E-state index in [0.29, 0.717) is 29.9 Å². The molecule has 1 unspecified atom stereocenters. The number of aromatic nitrogens is 2. The highest BCUT2D eigenvalue weighted by atomic mass is 16.6. The topological polar surface area (TPSA) is 84.5 Å². The Kier molecular flexibility index (Phi) is 6.32.